The Morgan fingerprint density at radius 1 is 0.492 bits per heavy atom. The number of fused-ring (bicyclic) bond motifs is 7. The molecule has 318 valence electrons. The highest BCUT2D eigenvalue weighted by atomic mass is 15.2. The molecule has 1 aliphatic rings. The Labute approximate surface area is 382 Å². The molecule has 2 aromatic heterocycles. The van der Waals surface area contributed by atoms with Crippen LogP contribution in [0, 0.1) is 0 Å². The average molecular weight is 844 g/mol. The number of allylic oxidation sites excluding steroid dienone is 4. The van der Waals surface area contributed by atoms with Crippen LogP contribution in [0.25, 0.3) is 49.3 Å². The summed E-state index contributed by atoms with van der Waals surface area (Å²) >= 11 is 0. The van der Waals surface area contributed by atoms with Crippen LogP contribution in [0.3, 0.4) is 0 Å². The van der Waals surface area contributed by atoms with Crippen LogP contribution in [0.5, 0.6) is 0 Å². The zero-order valence-electron chi connectivity index (χ0n) is 37.4. The minimum atomic E-state index is 0.914. The van der Waals surface area contributed by atoms with Gasteiger partial charge in [-0.1, -0.05) is 104 Å². The molecule has 0 N–H and O–H groups in total. The van der Waals surface area contributed by atoms with E-state index < -0.39 is 0 Å². The fraction of sp³-hybridized carbons (Fsp3) is 0.133. The fourth-order valence-electron chi connectivity index (χ4n) is 10.3. The van der Waals surface area contributed by atoms with Crippen molar-refractivity contribution in [2.45, 2.75) is 46.6 Å². The van der Waals surface area contributed by atoms with Gasteiger partial charge < -0.3 is 23.8 Å². The molecule has 0 fully saturated rings. The van der Waals surface area contributed by atoms with Gasteiger partial charge in [0, 0.05) is 103 Å². The lowest BCUT2D eigenvalue weighted by Gasteiger charge is -2.28. The minimum Gasteiger partial charge on any atom is -0.345 e. The number of para-hydroxylation sites is 5. The standard InChI is InChI=1S/C60H53N5/c1-4-20-44(31-32-48-39-43-21-16-18-29-56(43)61(48)5-2)63(45-22-10-7-11-23-45)49-34-37-59-54(41-49)55-42-51(35-38-60(55)65(59)47-26-14-9-15-27-47)64(46-24-12-8-13-25-46)50-33-36-58-53(40-50)52-28-17-19-30-57(52)62(58)6-3/h7-19,21-38,40-42H,4-6,20,39H2,1-3H3/b44-31+,48-32+. The van der Waals surface area contributed by atoms with Crippen molar-refractivity contribution in [2.75, 3.05) is 21.2 Å². The first-order valence-corrected chi connectivity index (χ1v) is 23.2. The fourth-order valence-corrected chi connectivity index (χ4v) is 10.3. The molecule has 10 aromatic rings. The number of aromatic nitrogens is 2. The van der Waals surface area contributed by atoms with Crippen molar-refractivity contribution in [1.29, 1.82) is 0 Å². The highest BCUT2D eigenvalue weighted by molar-refractivity contribution is 6.13. The zero-order chi connectivity index (χ0) is 43.9. The molecule has 0 atom stereocenters. The predicted octanol–water partition coefficient (Wildman–Crippen LogP) is 16.2. The summed E-state index contributed by atoms with van der Waals surface area (Å²) in [5.74, 6) is 0. The highest BCUT2D eigenvalue weighted by Gasteiger charge is 2.24. The van der Waals surface area contributed by atoms with Gasteiger partial charge in [-0.05, 0) is 141 Å². The van der Waals surface area contributed by atoms with Crippen molar-refractivity contribution in [3.8, 4) is 5.69 Å². The van der Waals surface area contributed by atoms with Crippen LogP contribution in [0.4, 0.5) is 34.1 Å². The number of likely N-dealkylation sites (N-methyl/N-ethyl adjacent to an activating group) is 1. The van der Waals surface area contributed by atoms with Gasteiger partial charge in [-0.2, -0.15) is 0 Å². The topological polar surface area (TPSA) is 19.6 Å². The Balaban J connectivity index is 1.11. The number of anilines is 6. The van der Waals surface area contributed by atoms with E-state index in [9.17, 15) is 0 Å². The van der Waals surface area contributed by atoms with E-state index in [1.807, 2.05) is 0 Å². The molecular formula is C60H53N5. The predicted molar refractivity (Wildman–Crippen MR) is 277 cm³/mol. The van der Waals surface area contributed by atoms with Gasteiger partial charge in [0.05, 0.1) is 11.0 Å². The summed E-state index contributed by atoms with van der Waals surface area (Å²) in [5.41, 5.74) is 16.9. The van der Waals surface area contributed by atoms with E-state index in [1.165, 1.54) is 66.3 Å². The monoisotopic (exact) mass is 843 g/mol. The Bertz CT molecular complexity index is 3390. The van der Waals surface area contributed by atoms with E-state index >= 15 is 0 Å². The zero-order valence-corrected chi connectivity index (χ0v) is 37.4. The number of benzene rings is 8. The van der Waals surface area contributed by atoms with Crippen molar-refractivity contribution in [1.82, 2.24) is 9.13 Å². The van der Waals surface area contributed by atoms with Crippen LogP contribution in [0.1, 0.15) is 39.2 Å². The molecule has 0 bridgehead atoms. The van der Waals surface area contributed by atoms with E-state index in [-0.39, 0.29) is 0 Å². The molecule has 65 heavy (non-hydrogen) atoms. The van der Waals surface area contributed by atoms with Gasteiger partial charge in [0.15, 0.2) is 0 Å². The number of hydrogen-bond acceptors (Lipinski definition) is 3. The van der Waals surface area contributed by atoms with Crippen LogP contribution >= 0.6 is 0 Å². The normalized spacial score (nSPS) is 13.4. The Hall–Kier alpha value is -7.76. The van der Waals surface area contributed by atoms with Crippen molar-refractivity contribution >= 4 is 77.7 Å². The summed E-state index contributed by atoms with van der Waals surface area (Å²) in [5, 5.41) is 4.95. The van der Waals surface area contributed by atoms with E-state index in [0.29, 0.717) is 0 Å². The Morgan fingerprint density at radius 2 is 1.05 bits per heavy atom. The van der Waals surface area contributed by atoms with Crippen LogP contribution in [-0.4, -0.2) is 15.7 Å². The smallest absolute Gasteiger partial charge is 0.0542 e. The van der Waals surface area contributed by atoms with Gasteiger partial charge in [0.2, 0.25) is 0 Å². The summed E-state index contributed by atoms with van der Waals surface area (Å²) in [6.07, 6.45) is 7.64. The molecule has 3 heterocycles. The van der Waals surface area contributed by atoms with Gasteiger partial charge in [0.25, 0.3) is 0 Å². The molecule has 0 aliphatic carbocycles. The van der Waals surface area contributed by atoms with E-state index in [2.05, 4.69) is 251 Å². The van der Waals surface area contributed by atoms with Gasteiger partial charge in [-0.15, -0.1) is 0 Å². The van der Waals surface area contributed by atoms with Crippen molar-refractivity contribution in [3.05, 3.63) is 223 Å². The second-order valence-electron chi connectivity index (χ2n) is 17.0. The molecule has 8 aromatic carbocycles. The molecular weight excluding hydrogens is 791 g/mol. The molecule has 0 saturated heterocycles. The van der Waals surface area contributed by atoms with E-state index in [1.54, 1.807) is 0 Å². The summed E-state index contributed by atoms with van der Waals surface area (Å²) in [7, 11) is 0. The number of hydrogen-bond donors (Lipinski definition) is 0. The van der Waals surface area contributed by atoms with Gasteiger partial charge in [-0.25, -0.2) is 0 Å². The SMILES string of the molecule is CCC/C(=C\C=C1/Cc2ccccc2N1CC)N(c1ccccc1)c1ccc2c(c1)c1cc(N(c3ccccc3)c3ccc4c(c3)c3ccccc3n4CC)ccc1n2-c1ccccc1. The molecule has 0 unspecified atom stereocenters. The van der Waals surface area contributed by atoms with Gasteiger partial charge in [-0.3, -0.25) is 0 Å². The third kappa shape index (κ3) is 7.05. The molecule has 11 rings (SSSR count). The maximum absolute atomic E-state index is 2.48. The summed E-state index contributed by atoms with van der Waals surface area (Å²) in [4.78, 5) is 7.36. The van der Waals surface area contributed by atoms with Crippen LogP contribution in [0.2, 0.25) is 0 Å². The number of nitrogens with zero attached hydrogens (tertiary/aromatic N) is 5. The molecule has 5 heteroatoms. The first kappa shape index (κ1) is 40.0. The van der Waals surface area contributed by atoms with Crippen molar-refractivity contribution in [2.24, 2.45) is 0 Å². The first-order chi connectivity index (χ1) is 32.1. The van der Waals surface area contributed by atoms with Crippen molar-refractivity contribution in [3.63, 3.8) is 0 Å². The second kappa shape index (κ2) is 17.1. The van der Waals surface area contributed by atoms with Crippen LogP contribution < -0.4 is 14.7 Å². The third-order valence-electron chi connectivity index (χ3n) is 13.2. The summed E-state index contributed by atoms with van der Waals surface area (Å²) < 4.78 is 4.85. The summed E-state index contributed by atoms with van der Waals surface area (Å²) in [6, 6.07) is 71.2. The second-order valence-corrected chi connectivity index (χ2v) is 17.0. The van der Waals surface area contributed by atoms with E-state index in [0.717, 1.165) is 66.5 Å². The van der Waals surface area contributed by atoms with Gasteiger partial charge in [0.1, 0.15) is 0 Å². The van der Waals surface area contributed by atoms with Crippen molar-refractivity contribution < 1.29 is 0 Å². The highest BCUT2D eigenvalue weighted by Crippen LogP contribution is 2.44. The lowest BCUT2D eigenvalue weighted by atomic mass is 10.1. The quantitative estimate of drug-likeness (QED) is 0.122. The third-order valence-corrected chi connectivity index (χ3v) is 13.2. The Morgan fingerprint density at radius 3 is 1.72 bits per heavy atom. The Kier molecular flexibility index (Phi) is 10.5. The summed E-state index contributed by atoms with van der Waals surface area (Å²) in [6.45, 7) is 8.61. The maximum atomic E-state index is 2.48. The van der Waals surface area contributed by atoms with Gasteiger partial charge >= 0.3 is 0 Å². The molecule has 5 nitrogen and oxygen atoms in total. The molecule has 0 spiro atoms. The molecule has 0 radical (unpaired) electrons. The van der Waals surface area contributed by atoms with E-state index in [4.69, 9.17) is 0 Å². The minimum absolute atomic E-state index is 0.914. The van der Waals surface area contributed by atoms with Crippen LogP contribution in [0.15, 0.2) is 218 Å². The van der Waals surface area contributed by atoms with Crippen LogP contribution in [-0.2, 0) is 13.0 Å². The largest absolute Gasteiger partial charge is 0.345 e. The maximum Gasteiger partial charge on any atom is 0.0542 e. The number of rotatable bonds is 12. The first-order valence-electron chi connectivity index (χ1n) is 23.2. The molecule has 0 saturated carbocycles. The molecule has 1 aliphatic heterocycles. The molecule has 0 amide bonds. The number of aryl methyl sites for hydroxylation is 1. The lowest BCUT2D eigenvalue weighted by molar-refractivity contribution is 0.827. The lowest BCUT2D eigenvalue weighted by Crippen LogP contribution is -2.18. The average Bonchev–Trinajstić information content (AvgIpc) is 4.01.